The van der Waals surface area contributed by atoms with Crippen LogP contribution in [-0.4, -0.2) is 35.0 Å². The highest BCUT2D eigenvalue weighted by atomic mass is 35.5. The smallest absolute Gasteiger partial charge is 0.377 e. The molecule has 0 radical (unpaired) electrons. The monoisotopic (exact) mass is 281 g/mol. The number of ether oxygens (including phenoxy) is 2. The van der Waals surface area contributed by atoms with Gasteiger partial charge in [-0.2, -0.15) is 0 Å². The van der Waals surface area contributed by atoms with E-state index in [9.17, 15) is 4.79 Å². The molecule has 0 aliphatic rings. The molecule has 0 fully saturated rings. The van der Waals surface area contributed by atoms with Crippen LogP contribution in [0.25, 0.3) is 0 Å². The highest BCUT2D eigenvalue weighted by Gasteiger charge is 2.12. The summed E-state index contributed by atoms with van der Waals surface area (Å²) in [5.41, 5.74) is 0.844. The Morgan fingerprint density at radius 1 is 1.42 bits per heavy atom. The van der Waals surface area contributed by atoms with Crippen molar-refractivity contribution in [3.63, 3.8) is 0 Å². The van der Waals surface area contributed by atoms with Crippen LogP contribution in [-0.2, 0) is 11.3 Å². The van der Waals surface area contributed by atoms with E-state index in [0.717, 1.165) is 5.56 Å². The molecular weight excluding hydrogens is 270 g/mol. The molecule has 0 aliphatic carbocycles. The largest absolute Gasteiger partial charge is 0.496 e. The molecule has 1 heterocycles. The summed E-state index contributed by atoms with van der Waals surface area (Å²) in [4.78, 5) is 15.1. The summed E-state index contributed by atoms with van der Waals surface area (Å²) in [6, 6.07) is 5.29. The first-order valence-corrected chi connectivity index (χ1v) is 5.82. The number of hydrogen-bond acceptors (Lipinski definition) is 5. The summed E-state index contributed by atoms with van der Waals surface area (Å²) in [6.45, 7) is 0.397. The molecule has 100 valence electrons. The Morgan fingerprint density at radius 2 is 2.21 bits per heavy atom. The molecule has 1 aromatic heterocycles. The highest BCUT2D eigenvalue weighted by molar-refractivity contribution is 6.30. The summed E-state index contributed by atoms with van der Waals surface area (Å²) in [5.74, 6) is 0.139. The number of aromatic nitrogens is 3. The third-order valence-electron chi connectivity index (χ3n) is 2.48. The van der Waals surface area contributed by atoms with Gasteiger partial charge in [-0.05, 0) is 18.2 Å². The molecule has 0 atom stereocenters. The highest BCUT2D eigenvalue weighted by Crippen LogP contribution is 2.23. The van der Waals surface area contributed by atoms with Crippen molar-refractivity contribution in [3.05, 3.63) is 40.9 Å². The minimum Gasteiger partial charge on any atom is -0.496 e. The van der Waals surface area contributed by atoms with Gasteiger partial charge in [0.25, 0.3) is 5.82 Å². The summed E-state index contributed by atoms with van der Waals surface area (Å²) < 4.78 is 11.3. The third-order valence-corrected chi connectivity index (χ3v) is 2.71. The molecule has 6 nitrogen and oxygen atoms in total. The molecule has 1 aromatic carbocycles. The van der Waals surface area contributed by atoms with Crippen LogP contribution >= 0.6 is 11.6 Å². The fourth-order valence-electron chi connectivity index (χ4n) is 1.60. The quantitative estimate of drug-likeness (QED) is 0.799. The normalized spacial score (nSPS) is 10.3. The molecule has 0 aliphatic heterocycles. The number of hydrogen-bond donors (Lipinski definition) is 0. The second kappa shape index (κ2) is 5.71. The number of carbonyl (C=O) groups excluding carboxylic acids is 1. The summed E-state index contributed by atoms with van der Waals surface area (Å²) >= 11 is 5.94. The first kappa shape index (κ1) is 13.4. The zero-order valence-corrected chi connectivity index (χ0v) is 11.2. The lowest BCUT2D eigenvalue weighted by Gasteiger charge is -2.08. The van der Waals surface area contributed by atoms with E-state index in [1.165, 1.54) is 18.1 Å². The van der Waals surface area contributed by atoms with E-state index in [0.29, 0.717) is 17.3 Å². The number of carbonyl (C=O) groups is 1. The van der Waals surface area contributed by atoms with Gasteiger partial charge in [-0.1, -0.05) is 11.6 Å². The molecular formula is C12H12ClN3O3. The van der Waals surface area contributed by atoms with Crippen molar-refractivity contribution < 1.29 is 14.3 Å². The Morgan fingerprint density at radius 3 is 2.89 bits per heavy atom. The zero-order chi connectivity index (χ0) is 13.8. The second-order valence-electron chi connectivity index (χ2n) is 3.71. The lowest BCUT2D eigenvalue weighted by Crippen LogP contribution is -2.07. The van der Waals surface area contributed by atoms with Crippen molar-refractivity contribution in [2.75, 3.05) is 14.2 Å². The maximum atomic E-state index is 11.3. The second-order valence-corrected chi connectivity index (χ2v) is 4.15. The first-order valence-electron chi connectivity index (χ1n) is 5.44. The number of halogens is 1. The number of nitrogens with zero attached hydrogens (tertiary/aromatic N) is 3. The van der Waals surface area contributed by atoms with Crippen molar-refractivity contribution >= 4 is 17.6 Å². The first-order chi connectivity index (χ1) is 9.13. The lowest BCUT2D eigenvalue weighted by molar-refractivity contribution is 0.0586. The minimum atomic E-state index is -0.572. The average Bonchev–Trinajstić information content (AvgIpc) is 2.86. The van der Waals surface area contributed by atoms with E-state index >= 15 is 0 Å². The Kier molecular flexibility index (Phi) is 4.01. The fourth-order valence-corrected chi connectivity index (χ4v) is 1.80. The number of methoxy groups -OCH3 is 2. The van der Waals surface area contributed by atoms with E-state index in [1.807, 2.05) is 0 Å². The van der Waals surface area contributed by atoms with Gasteiger partial charge in [0.2, 0.25) is 0 Å². The van der Waals surface area contributed by atoms with E-state index in [-0.39, 0.29) is 5.82 Å². The van der Waals surface area contributed by atoms with Crippen molar-refractivity contribution in [1.29, 1.82) is 0 Å². The third kappa shape index (κ3) is 3.03. The minimum absolute atomic E-state index is 0.0171. The predicted octanol–water partition coefficient (Wildman–Crippen LogP) is 1.78. The maximum Gasteiger partial charge on any atom is 0.377 e. The van der Waals surface area contributed by atoms with E-state index in [2.05, 4.69) is 14.8 Å². The van der Waals surface area contributed by atoms with Gasteiger partial charge in [0, 0.05) is 10.6 Å². The lowest BCUT2D eigenvalue weighted by atomic mass is 10.2. The Bertz CT molecular complexity index is 598. The average molecular weight is 282 g/mol. The van der Waals surface area contributed by atoms with Crippen LogP contribution < -0.4 is 4.74 Å². The standard InChI is InChI=1S/C12H12ClN3O3/c1-18-10-4-3-9(13)5-8(10)6-16-7-14-11(15-16)12(17)19-2/h3-5,7H,6H2,1-2H3. The van der Waals surface area contributed by atoms with Gasteiger partial charge in [-0.25, -0.2) is 14.5 Å². The van der Waals surface area contributed by atoms with Crippen LogP contribution in [0.5, 0.6) is 5.75 Å². The van der Waals surface area contributed by atoms with Gasteiger partial charge in [-0.15, -0.1) is 5.10 Å². The molecule has 0 N–H and O–H groups in total. The van der Waals surface area contributed by atoms with E-state index in [1.54, 1.807) is 25.3 Å². The van der Waals surface area contributed by atoms with Gasteiger partial charge in [0.1, 0.15) is 12.1 Å². The van der Waals surface area contributed by atoms with Crippen LogP contribution in [0.3, 0.4) is 0 Å². The summed E-state index contributed by atoms with van der Waals surface area (Å²) in [6.07, 6.45) is 1.45. The predicted molar refractivity (Wildman–Crippen MR) is 68.5 cm³/mol. The maximum absolute atomic E-state index is 11.3. The molecule has 0 amide bonds. The number of esters is 1. The van der Waals surface area contributed by atoms with E-state index in [4.69, 9.17) is 16.3 Å². The molecule has 0 spiro atoms. The molecule has 2 rings (SSSR count). The topological polar surface area (TPSA) is 66.2 Å². The number of benzene rings is 1. The molecule has 0 saturated heterocycles. The van der Waals surface area contributed by atoms with Gasteiger partial charge < -0.3 is 9.47 Å². The van der Waals surface area contributed by atoms with Gasteiger partial charge in [0.05, 0.1) is 20.8 Å². The van der Waals surface area contributed by atoms with Crippen LogP contribution in [0.1, 0.15) is 16.2 Å². The molecule has 0 bridgehead atoms. The van der Waals surface area contributed by atoms with Crippen LogP contribution in [0.15, 0.2) is 24.5 Å². The summed E-state index contributed by atoms with van der Waals surface area (Å²) in [7, 11) is 2.86. The van der Waals surface area contributed by atoms with Crippen molar-refractivity contribution in [1.82, 2.24) is 14.8 Å². The Hall–Kier alpha value is -2.08. The van der Waals surface area contributed by atoms with Crippen LogP contribution in [0, 0.1) is 0 Å². The van der Waals surface area contributed by atoms with Crippen LogP contribution in [0.2, 0.25) is 5.02 Å². The number of rotatable bonds is 4. The van der Waals surface area contributed by atoms with Gasteiger partial charge in [-0.3, -0.25) is 0 Å². The molecule has 0 unspecified atom stereocenters. The van der Waals surface area contributed by atoms with Crippen molar-refractivity contribution in [2.45, 2.75) is 6.54 Å². The van der Waals surface area contributed by atoms with Gasteiger partial charge in [0.15, 0.2) is 0 Å². The zero-order valence-electron chi connectivity index (χ0n) is 10.5. The molecule has 2 aromatic rings. The Labute approximate surface area is 114 Å². The van der Waals surface area contributed by atoms with Crippen molar-refractivity contribution in [2.24, 2.45) is 0 Å². The molecule has 19 heavy (non-hydrogen) atoms. The fraction of sp³-hybridized carbons (Fsp3) is 0.250. The Balaban J connectivity index is 2.23. The van der Waals surface area contributed by atoms with Gasteiger partial charge >= 0.3 is 5.97 Å². The van der Waals surface area contributed by atoms with Crippen molar-refractivity contribution in [3.8, 4) is 5.75 Å². The summed E-state index contributed by atoms with van der Waals surface area (Å²) in [5, 5.41) is 4.61. The molecule has 0 saturated carbocycles. The SMILES string of the molecule is COC(=O)c1ncn(Cc2cc(Cl)ccc2OC)n1. The van der Waals surface area contributed by atoms with E-state index < -0.39 is 5.97 Å². The molecule has 7 heteroatoms. The van der Waals surface area contributed by atoms with Crippen LogP contribution in [0.4, 0.5) is 0 Å².